The lowest BCUT2D eigenvalue weighted by molar-refractivity contribution is 1.21. The van der Waals surface area contributed by atoms with E-state index in [1.807, 2.05) is 104 Å². The van der Waals surface area contributed by atoms with E-state index in [0.717, 1.165) is 68.3 Å². The predicted octanol–water partition coefficient (Wildman–Crippen LogP) is 8.86. The highest BCUT2D eigenvalue weighted by Gasteiger charge is 2.16. The molecule has 208 valence electrons. The first-order valence-electron chi connectivity index (χ1n) is 13.1. The lowest BCUT2D eigenvalue weighted by Crippen LogP contribution is -1.98. The van der Waals surface area contributed by atoms with Crippen molar-refractivity contribution >= 4 is 27.6 Å². The third-order valence-corrected chi connectivity index (χ3v) is 6.78. The van der Waals surface area contributed by atoms with E-state index in [1.54, 1.807) is 0 Å². The van der Waals surface area contributed by atoms with E-state index in [0.29, 0.717) is 0 Å². The molecule has 5 aromatic heterocycles. The van der Waals surface area contributed by atoms with Crippen LogP contribution in [0.1, 0.15) is 27.0 Å². The summed E-state index contributed by atoms with van der Waals surface area (Å²) in [6.07, 6.45) is 13.0. The van der Waals surface area contributed by atoms with Crippen LogP contribution in [0.25, 0.3) is 61.8 Å². The Labute approximate surface area is 245 Å². The van der Waals surface area contributed by atoms with Gasteiger partial charge >= 0.3 is 0 Å². The van der Waals surface area contributed by atoms with Crippen LogP contribution in [-0.4, -0.2) is 34.9 Å². The Hall–Kier alpha value is -5.56. The van der Waals surface area contributed by atoms with Crippen LogP contribution < -0.4 is 0 Å². The number of nitrogens with one attached hydrogen (secondary N) is 3. The van der Waals surface area contributed by atoms with Crippen molar-refractivity contribution in [3.05, 3.63) is 127 Å². The Bertz CT molecular complexity index is 1890. The largest absolute Gasteiger partial charge is 0.360 e. The van der Waals surface area contributed by atoms with Gasteiger partial charge in [-0.15, -0.1) is 0 Å². The summed E-state index contributed by atoms with van der Waals surface area (Å²) >= 11 is 0. The summed E-state index contributed by atoms with van der Waals surface area (Å²) in [5, 5.41) is 0. The summed E-state index contributed by atoms with van der Waals surface area (Å²) in [6.45, 7) is 0. The van der Waals surface area contributed by atoms with E-state index in [9.17, 15) is 0 Å². The quantitative estimate of drug-likeness (QED) is 0.203. The van der Waals surface area contributed by atoms with Gasteiger partial charge in [0.05, 0.1) is 44.8 Å². The van der Waals surface area contributed by atoms with Crippen LogP contribution in [0.15, 0.2) is 122 Å². The summed E-state index contributed by atoms with van der Waals surface area (Å²) in [5.74, 6) is 0. The third-order valence-electron chi connectivity index (χ3n) is 6.78. The normalized spacial score (nSPS) is 11.9. The van der Waals surface area contributed by atoms with Crippen molar-refractivity contribution in [3.8, 4) is 34.2 Å². The van der Waals surface area contributed by atoms with E-state index in [-0.39, 0.29) is 14.9 Å². The van der Waals surface area contributed by atoms with Gasteiger partial charge in [0.2, 0.25) is 0 Å². The van der Waals surface area contributed by atoms with Crippen molar-refractivity contribution in [3.63, 3.8) is 0 Å². The lowest BCUT2D eigenvalue weighted by atomic mass is 10.1. The Kier molecular flexibility index (Phi) is 8.20. The van der Waals surface area contributed by atoms with E-state index in [2.05, 4.69) is 33.2 Å². The number of H-pyrrole nitrogens is 3. The number of nitrogens with zero attached hydrogens (tertiary/aromatic N) is 4. The average molecular weight is 552 g/mol. The van der Waals surface area contributed by atoms with Crippen molar-refractivity contribution in [1.29, 1.82) is 0 Å². The standard InChI is InChI=1S/C17H13N3.C16H12N4.2CH4/c1-2-7-12(6-1)16-17(15-10-5-11-18-15)20-14-9-4-3-8-13(14)19-16;1-2-6-12-11(5-1)19-15(13-7-3-9-17-13)16(20-12)14-8-4-10-18-14;;/h1-6,8-11,18H,7H2;1-10,17-18H;2*1H4. The topological polar surface area (TPSA) is 98.9 Å². The van der Waals surface area contributed by atoms with Crippen LogP contribution in [-0.2, 0) is 0 Å². The second-order valence-electron chi connectivity index (χ2n) is 9.39. The molecular formula is C35H33N7. The fourth-order valence-corrected chi connectivity index (χ4v) is 4.84. The second kappa shape index (κ2) is 12.3. The maximum Gasteiger partial charge on any atom is 0.115 e. The zero-order chi connectivity index (χ0) is 26.7. The molecule has 7 heteroatoms. The van der Waals surface area contributed by atoms with Crippen LogP contribution >= 0.6 is 0 Å². The van der Waals surface area contributed by atoms with Crippen molar-refractivity contribution in [1.82, 2.24) is 34.9 Å². The zero-order valence-electron chi connectivity index (χ0n) is 21.5. The van der Waals surface area contributed by atoms with Gasteiger partial charge in [0.15, 0.2) is 0 Å². The molecule has 0 spiro atoms. The van der Waals surface area contributed by atoms with E-state index < -0.39 is 0 Å². The molecule has 0 bridgehead atoms. The van der Waals surface area contributed by atoms with Gasteiger partial charge in [-0.3, -0.25) is 0 Å². The molecule has 7 nitrogen and oxygen atoms in total. The van der Waals surface area contributed by atoms with Gasteiger partial charge < -0.3 is 15.0 Å². The van der Waals surface area contributed by atoms with E-state index in [1.165, 1.54) is 5.57 Å². The van der Waals surface area contributed by atoms with Gasteiger partial charge in [-0.25, -0.2) is 19.9 Å². The maximum absolute atomic E-state index is 4.82. The second-order valence-corrected chi connectivity index (χ2v) is 9.39. The zero-order valence-corrected chi connectivity index (χ0v) is 21.5. The third kappa shape index (κ3) is 5.40. The number of para-hydroxylation sites is 4. The van der Waals surface area contributed by atoms with E-state index in [4.69, 9.17) is 19.9 Å². The molecular weight excluding hydrogens is 518 g/mol. The fraction of sp³-hybridized carbons (Fsp3) is 0.0857. The molecule has 0 atom stereocenters. The van der Waals surface area contributed by atoms with Gasteiger partial charge in [-0.2, -0.15) is 0 Å². The van der Waals surface area contributed by atoms with Crippen molar-refractivity contribution < 1.29 is 0 Å². The predicted molar refractivity (Wildman–Crippen MR) is 174 cm³/mol. The molecule has 0 amide bonds. The highest BCUT2D eigenvalue weighted by molar-refractivity contribution is 5.86. The van der Waals surface area contributed by atoms with Gasteiger partial charge in [-0.1, -0.05) is 57.3 Å². The Balaban J connectivity index is 0.000000160. The molecule has 0 radical (unpaired) electrons. The minimum Gasteiger partial charge on any atom is -0.360 e. The first-order valence-corrected chi connectivity index (χ1v) is 13.1. The van der Waals surface area contributed by atoms with Crippen molar-refractivity contribution in [2.75, 3.05) is 0 Å². The molecule has 0 unspecified atom stereocenters. The number of fused-ring (bicyclic) bond motifs is 2. The minimum atomic E-state index is 0. The Morgan fingerprint density at radius 2 is 0.833 bits per heavy atom. The number of benzene rings is 2. The van der Waals surface area contributed by atoms with Crippen LogP contribution in [0.3, 0.4) is 0 Å². The molecule has 2 aromatic carbocycles. The highest BCUT2D eigenvalue weighted by Crippen LogP contribution is 2.31. The molecule has 1 aliphatic rings. The van der Waals surface area contributed by atoms with Crippen molar-refractivity contribution in [2.24, 2.45) is 0 Å². The summed E-state index contributed by atoms with van der Waals surface area (Å²) < 4.78 is 0. The van der Waals surface area contributed by atoms with E-state index >= 15 is 0 Å². The number of aromatic nitrogens is 7. The van der Waals surface area contributed by atoms with Gasteiger partial charge in [-0.05, 0) is 72.7 Å². The summed E-state index contributed by atoms with van der Waals surface area (Å²) in [6, 6.07) is 27.9. The number of allylic oxidation sites excluding steroid dienone is 4. The fourth-order valence-electron chi connectivity index (χ4n) is 4.84. The molecule has 3 N–H and O–H groups in total. The summed E-state index contributed by atoms with van der Waals surface area (Å²) in [5.41, 5.74) is 11.4. The highest BCUT2D eigenvalue weighted by atomic mass is 14.9. The smallest absolute Gasteiger partial charge is 0.115 e. The van der Waals surface area contributed by atoms with Gasteiger partial charge in [0, 0.05) is 18.6 Å². The minimum absolute atomic E-state index is 0. The monoisotopic (exact) mass is 551 g/mol. The summed E-state index contributed by atoms with van der Waals surface area (Å²) in [4.78, 5) is 28.8. The number of hydrogen-bond donors (Lipinski definition) is 3. The Morgan fingerprint density at radius 1 is 0.452 bits per heavy atom. The molecule has 0 saturated heterocycles. The van der Waals surface area contributed by atoms with Gasteiger partial charge in [0.25, 0.3) is 0 Å². The molecule has 7 aromatic rings. The maximum atomic E-state index is 4.82. The first-order chi connectivity index (χ1) is 19.8. The molecule has 0 fully saturated rings. The molecule has 0 aliphatic heterocycles. The SMILES string of the molecule is C.C.C1=CCC(c2nc3ccccc3nc2-c2ccc[nH]2)=C1.c1c[nH]c(-c2nc3ccccc3nc2-c2ccc[nH]2)c1. The molecule has 8 rings (SSSR count). The number of aromatic amines is 3. The molecule has 5 heterocycles. The summed E-state index contributed by atoms with van der Waals surface area (Å²) in [7, 11) is 0. The molecule has 0 saturated carbocycles. The molecule has 42 heavy (non-hydrogen) atoms. The van der Waals surface area contributed by atoms with Crippen molar-refractivity contribution in [2.45, 2.75) is 21.3 Å². The lowest BCUT2D eigenvalue weighted by Gasteiger charge is -2.09. The van der Waals surface area contributed by atoms with Crippen LogP contribution in [0, 0.1) is 0 Å². The first kappa shape index (κ1) is 28.0. The van der Waals surface area contributed by atoms with Gasteiger partial charge in [0.1, 0.15) is 17.1 Å². The van der Waals surface area contributed by atoms with Crippen LogP contribution in [0.4, 0.5) is 0 Å². The molecule has 1 aliphatic carbocycles. The van der Waals surface area contributed by atoms with Crippen LogP contribution in [0.5, 0.6) is 0 Å². The number of hydrogen-bond acceptors (Lipinski definition) is 4. The average Bonchev–Trinajstić information content (AvgIpc) is 3.85. The Morgan fingerprint density at radius 3 is 1.17 bits per heavy atom. The van der Waals surface area contributed by atoms with Crippen LogP contribution in [0.2, 0.25) is 0 Å². The number of rotatable bonds is 4.